The zero-order valence-electron chi connectivity index (χ0n) is 26.2. The quantitative estimate of drug-likeness (QED) is 0.117. The lowest BCUT2D eigenvalue weighted by molar-refractivity contribution is 0.369. The van der Waals surface area contributed by atoms with Gasteiger partial charge in [0, 0.05) is 67.9 Å². The molecule has 7 aromatic rings. The van der Waals surface area contributed by atoms with Gasteiger partial charge in [-0.05, 0) is 48.5 Å². The third-order valence-electron chi connectivity index (χ3n) is 8.66. The molecule has 5 aromatic carbocycles. The molecule has 0 fully saturated rings. The van der Waals surface area contributed by atoms with Crippen molar-refractivity contribution in [2.24, 2.45) is 0 Å². The first kappa shape index (κ1) is 30.2. The number of hydrogen-bond donors (Lipinski definition) is 2. The highest BCUT2D eigenvalue weighted by Gasteiger charge is 2.29. The third-order valence-corrected chi connectivity index (χ3v) is 8.66. The van der Waals surface area contributed by atoms with Crippen molar-refractivity contribution in [1.82, 2.24) is 9.13 Å². The van der Waals surface area contributed by atoms with E-state index < -0.39 is 0 Å². The van der Waals surface area contributed by atoms with Gasteiger partial charge in [0.2, 0.25) is 0 Å². The van der Waals surface area contributed by atoms with Crippen molar-refractivity contribution in [2.75, 3.05) is 13.2 Å². The average molecular weight is 629 g/mol. The van der Waals surface area contributed by atoms with Crippen LogP contribution in [0.25, 0.3) is 65.9 Å². The van der Waals surface area contributed by atoms with Crippen LogP contribution in [0, 0.1) is 24.7 Å². The number of phenolic OH excluding ortho intramolecular Hbond substituents is 2. The molecule has 2 heterocycles. The Balaban J connectivity index is 1.82. The molecule has 2 N–H and O–H groups in total. The first-order valence-electron chi connectivity index (χ1n) is 15.5. The maximum absolute atomic E-state index is 11.6. The third kappa shape index (κ3) is 4.71. The van der Waals surface area contributed by atoms with Crippen LogP contribution in [0.5, 0.6) is 23.0 Å². The molecular weight excluding hydrogens is 596 g/mol. The minimum atomic E-state index is 0.0840. The summed E-state index contributed by atoms with van der Waals surface area (Å²) in [5.41, 5.74) is 6.44. The van der Waals surface area contributed by atoms with E-state index in [1.807, 2.05) is 48.6 Å². The van der Waals surface area contributed by atoms with Crippen LogP contribution in [0.4, 0.5) is 0 Å². The molecule has 0 unspecified atom stereocenters. The molecule has 6 nitrogen and oxygen atoms in total. The number of aromatic nitrogens is 2. The van der Waals surface area contributed by atoms with Crippen LogP contribution in [0.1, 0.15) is 0 Å². The van der Waals surface area contributed by atoms with Crippen molar-refractivity contribution in [3.05, 3.63) is 110 Å². The van der Waals surface area contributed by atoms with Crippen LogP contribution in [-0.2, 0) is 13.1 Å². The zero-order chi connectivity index (χ0) is 33.4. The van der Waals surface area contributed by atoms with Gasteiger partial charge in [0.05, 0.1) is 11.0 Å². The Hall–Kier alpha value is -6.50. The van der Waals surface area contributed by atoms with E-state index in [4.69, 9.17) is 22.3 Å². The smallest absolute Gasteiger partial charge is 0.148 e. The summed E-state index contributed by atoms with van der Waals surface area (Å²) in [5, 5.41) is 27.0. The topological polar surface area (TPSA) is 68.8 Å². The summed E-state index contributed by atoms with van der Waals surface area (Å²) in [4.78, 5) is 0. The van der Waals surface area contributed by atoms with Gasteiger partial charge in [0.25, 0.3) is 0 Å². The summed E-state index contributed by atoms with van der Waals surface area (Å²) in [6, 6.07) is 26.7. The van der Waals surface area contributed by atoms with Gasteiger partial charge in [-0.1, -0.05) is 60.4 Å². The van der Waals surface area contributed by atoms with Gasteiger partial charge in [0.1, 0.15) is 36.2 Å². The molecule has 7 rings (SSSR count). The minimum Gasteiger partial charge on any atom is -0.507 e. The molecular formula is C42H32N2O4. The van der Waals surface area contributed by atoms with Gasteiger partial charge in [-0.3, -0.25) is 0 Å². The van der Waals surface area contributed by atoms with Gasteiger partial charge in [-0.15, -0.1) is 26.0 Å². The number of nitrogens with zero attached hydrogens (tertiary/aromatic N) is 2. The number of hydrogen-bond acceptors (Lipinski definition) is 4. The maximum Gasteiger partial charge on any atom is 0.148 e. The van der Waals surface area contributed by atoms with Gasteiger partial charge in [-0.25, -0.2) is 0 Å². The Morgan fingerprint density at radius 1 is 0.625 bits per heavy atom. The Kier molecular flexibility index (Phi) is 7.77. The average Bonchev–Trinajstić information content (AvgIpc) is 3.60. The second-order valence-electron chi connectivity index (χ2n) is 11.4. The molecule has 2 aromatic heterocycles. The number of fused-ring (bicyclic) bond motifs is 6. The molecule has 234 valence electrons. The van der Waals surface area contributed by atoms with E-state index >= 15 is 0 Å². The van der Waals surface area contributed by atoms with Crippen LogP contribution >= 0.6 is 0 Å². The van der Waals surface area contributed by atoms with E-state index in [1.54, 1.807) is 24.3 Å². The summed E-state index contributed by atoms with van der Waals surface area (Å²) in [6.07, 6.45) is 14.8. The first-order valence-corrected chi connectivity index (χ1v) is 15.5. The SMILES string of the molecule is C#CCOc1ccc(O)c(-c2c3c4ccccc4n(CC=C)c3c(-c3cc(OCC#C)ccc3O)c3c4ccccc4n(CC=C)c23)c1. The molecule has 0 bridgehead atoms. The Bertz CT molecular complexity index is 2330. The van der Waals surface area contributed by atoms with E-state index in [-0.39, 0.29) is 24.7 Å². The fourth-order valence-corrected chi connectivity index (χ4v) is 6.89. The fraction of sp³-hybridized carbons (Fsp3) is 0.0952. The van der Waals surface area contributed by atoms with Crippen LogP contribution in [0.2, 0.25) is 0 Å². The molecule has 0 saturated heterocycles. The predicted molar refractivity (Wildman–Crippen MR) is 196 cm³/mol. The molecule has 0 aliphatic heterocycles. The van der Waals surface area contributed by atoms with E-state index in [1.165, 1.54) is 0 Å². The fourth-order valence-electron chi connectivity index (χ4n) is 6.89. The summed E-state index contributed by atoms with van der Waals surface area (Å²) in [7, 11) is 0. The number of terminal acetylenes is 2. The second kappa shape index (κ2) is 12.4. The number of benzene rings is 5. The number of rotatable bonds is 10. The Morgan fingerprint density at radius 3 is 1.44 bits per heavy atom. The van der Waals surface area contributed by atoms with Gasteiger partial charge in [0.15, 0.2) is 0 Å². The lowest BCUT2D eigenvalue weighted by Crippen LogP contribution is -2.01. The first-order chi connectivity index (χ1) is 23.5. The van der Waals surface area contributed by atoms with E-state index in [2.05, 4.69) is 58.4 Å². The van der Waals surface area contributed by atoms with E-state index in [0.29, 0.717) is 35.7 Å². The molecule has 0 saturated carbocycles. The van der Waals surface area contributed by atoms with Gasteiger partial charge >= 0.3 is 0 Å². The van der Waals surface area contributed by atoms with Crippen molar-refractivity contribution in [2.45, 2.75) is 13.1 Å². The lowest BCUT2D eigenvalue weighted by Gasteiger charge is -2.19. The highest BCUT2D eigenvalue weighted by atomic mass is 16.5. The van der Waals surface area contributed by atoms with Crippen LogP contribution < -0.4 is 9.47 Å². The maximum atomic E-state index is 11.6. The molecule has 0 aliphatic carbocycles. The second-order valence-corrected chi connectivity index (χ2v) is 11.4. The Morgan fingerprint density at radius 2 is 1.04 bits per heavy atom. The number of allylic oxidation sites excluding steroid dienone is 2. The normalized spacial score (nSPS) is 11.1. The largest absolute Gasteiger partial charge is 0.507 e. The number of aromatic hydroxyl groups is 2. The van der Waals surface area contributed by atoms with Gasteiger partial charge < -0.3 is 28.8 Å². The molecule has 0 radical (unpaired) electrons. The van der Waals surface area contributed by atoms with E-state index in [9.17, 15) is 10.2 Å². The lowest BCUT2D eigenvalue weighted by atomic mass is 9.89. The van der Waals surface area contributed by atoms with Crippen molar-refractivity contribution in [3.63, 3.8) is 0 Å². The molecule has 0 amide bonds. The summed E-state index contributed by atoms with van der Waals surface area (Å²) >= 11 is 0. The number of para-hydroxylation sites is 2. The molecule has 0 spiro atoms. The van der Waals surface area contributed by atoms with Crippen molar-refractivity contribution >= 4 is 43.6 Å². The van der Waals surface area contributed by atoms with Crippen LogP contribution in [0.15, 0.2) is 110 Å². The molecule has 6 heteroatoms. The van der Waals surface area contributed by atoms with Gasteiger partial charge in [-0.2, -0.15) is 0 Å². The van der Waals surface area contributed by atoms with E-state index in [0.717, 1.165) is 54.7 Å². The predicted octanol–water partition coefficient (Wildman–Crippen LogP) is 9.04. The standard InChI is InChI=1S/C42H32N2O4/c1-5-21-43-33-15-11-9-13-29(33)37-40(32-26-28(48-24-8-4)18-20-36(32)46)42-38(30-14-10-12-16-34(30)44(42)22-6-2)39(41(37)43)31-25-27(47-23-7-3)17-19-35(31)45/h3-6,9-20,25-26,45-46H,1-2,21-24H2. The minimum absolute atomic E-state index is 0.0840. The summed E-state index contributed by atoms with van der Waals surface area (Å²) in [6.45, 7) is 9.33. The molecule has 0 atom stereocenters. The zero-order valence-corrected chi connectivity index (χ0v) is 26.2. The number of phenols is 2. The molecule has 48 heavy (non-hydrogen) atoms. The van der Waals surface area contributed by atoms with Crippen LogP contribution in [0.3, 0.4) is 0 Å². The van der Waals surface area contributed by atoms with Crippen LogP contribution in [-0.4, -0.2) is 32.6 Å². The monoisotopic (exact) mass is 628 g/mol. The highest BCUT2D eigenvalue weighted by molar-refractivity contribution is 6.33. The van der Waals surface area contributed by atoms with Crippen molar-refractivity contribution < 1.29 is 19.7 Å². The summed E-state index contributed by atoms with van der Waals surface area (Å²) < 4.78 is 16.2. The van der Waals surface area contributed by atoms with Crippen molar-refractivity contribution in [3.8, 4) is 69.9 Å². The molecule has 0 aliphatic rings. The van der Waals surface area contributed by atoms with Crippen molar-refractivity contribution in [1.29, 1.82) is 0 Å². The highest BCUT2D eigenvalue weighted by Crippen LogP contribution is 2.53. The number of ether oxygens (including phenoxy) is 2. The summed E-state index contributed by atoms with van der Waals surface area (Å²) in [5.74, 6) is 6.28. The Labute approximate surface area is 278 Å².